The molecule has 0 saturated heterocycles. The zero-order valence-corrected chi connectivity index (χ0v) is 17.6. The van der Waals surface area contributed by atoms with Crippen molar-refractivity contribution in [3.8, 4) is 11.1 Å². The largest absolute Gasteiger partial charge is 0.365 e. The van der Waals surface area contributed by atoms with Crippen molar-refractivity contribution >= 4 is 44.7 Å². The van der Waals surface area contributed by atoms with Crippen LogP contribution >= 0.6 is 11.3 Å². The Balaban J connectivity index is 1.97. The number of anilines is 1. The summed E-state index contributed by atoms with van der Waals surface area (Å²) in [7, 11) is 1.34. The van der Waals surface area contributed by atoms with E-state index in [-0.39, 0.29) is 32.0 Å². The molecule has 0 aliphatic rings. The number of pyridine rings is 1. The van der Waals surface area contributed by atoms with Crippen molar-refractivity contribution in [2.75, 3.05) is 5.32 Å². The first-order valence-corrected chi connectivity index (χ1v) is 10.1. The van der Waals surface area contributed by atoms with E-state index >= 15 is 0 Å². The zero-order chi connectivity index (χ0) is 23.9. The van der Waals surface area contributed by atoms with Gasteiger partial charge in [-0.25, -0.2) is 13.8 Å². The number of hydrogen-bond acceptors (Lipinski definition) is 7. The van der Waals surface area contributed by atoms with Gasteiger partial charge in [-0.1, -0.05) is 30.3 Å². The number of primary amides is 1. The Labute approximate surface area is 187 Å². The molecule has 0 aliphatic heterocycles. The minimum atomic E-state index is -2.88. The molecule has 168 valence electrons. The lowest BCUT2D eigenvalue weighted by Gasteiger charge is -2.11. The van der Waals surface area contributed by atoms with Gasteiger partial charge in [0.15, 0.2) is 0 Å². The average molecular weight is 472 g/mol. The van der Waals surface area contributed by atoms with E-state index in [1.807, 2.05) is 0 Å². The summed E-state index contributed by atoms with van der Waals surface area (Å²) in [6.45, 7) is 0. The monoisotopic (exact) mass is 472 g/mol. The van der Waals surface area contributed by atoms with Crippen molar-refractivity contribution in [2.45, 2.75) is 6.43 Å². The van der Waals surface area contributed by atoms with Gasteiger partial charge in [0.2, 0.25) is 5.69 Å². The number of rotatable bonds is 6. The van der Waals surface area contributed by atoms with E-state index in [2.05, 4.69) is 15.4 Å². The molecule has 0 atom stereocenters. The molecule has 0 fully saturated rings. The number of benzene rings is 1. The number of hydrogen-bond donors (Lipinski definition) is 2. The number of amides is 2. The molecule has 13 heteroatoms. The van der Waals surface area contributed by atoms with Gasteiger partial charge in [-0.2, -0.15) is 5.10 Å². The molecule has 33 heavy (non-hydrogen) atoms. The number of carbonyl (C=O) groups excluding carboxylic acids is 2. The molecule has 1 aromatic carbocycles. The number of nitrogens with two attached hydrogens (primary N) is 1. The van der Waals surface area contributed by atoms with E-state index < -0.39 is 34.5 Å². The van der Waals surface area contributed by atoms with Crippen LogP contribution in [0.1, 0.15) is 32.3 Å². The number of alkyl halides is 2. The Kier molecular flexibility index (Phi) is 5.55. The number of halogens is 2. The van der Waals surface area contributed by atoms with Crippen molar-refractivity contribution in [2.24, 2.45) is 12.8 Å². The number of thiophene rings is 1. The van der Waals surface area contributed by atoms with Crippen LogP contribution in [0.25, 0.3) is 21.3 Å². The Morgan fingerprint density at radius 1 is 1.27 bits per heavy atom. The van der Waals surface area contributed by atoms with Crippen LogP contribution < -0.4 is 11.1 Å². The molecule has 0 spiro atoms. The highest BCUT2D eigenvalue weighted by Crippen LogP contribution is 2.42. The molecule has 0 unspecified atom stereocenters. The lowest BCUT2D eigenvalue weighted by atomic mass is 10.0. The standard InChI is InChI=1S/C20H14F2N6O4S/c1-27-15(12(8-24-27)28(31)32)19(30)26-14-13-10(9-5-3-2-4-6-9)7-11(17(21)22)25-20(13)33-16(14)18(23)29/h2-8,17H,1H3,(H2,23,29)(H,26,30). The summed E-state index contributed by atoms with van der Waals surface area (Å²) in [4.78, 5) is 39.5. The second-order valence-electron chi connectivity index (χ2n) is 6.83. The number of aryl methyl sites for hydroxylation is 1. The van der Waals surface area contributed by atoms with Crippen molar-refractivity contribution in [1.29, 1.82) is 0 Å². The van der Waals surface area contributed by atoms with Crippen LogP contribution in [-0.2, 0) is 7.05 Å². The third kappa shape index (κ3) is 3.89. The van der Waals surface area contributed by atoms with Crippen LogP contribution in [-0.4, -0.2) is 31.5 Å². The number of nitrogens with one attached hydrogen (secondary N) is 1. The maximum Gasteiger partial charge on any atom is 0.320 e. The minimum Gasteiger partial charge on any atom is -0.365 e. The van der Waals surface area contributed by atoms with Gasteiger partial charge in [-0.05, 0) is 17.2 Å². The molecule has 0 aliphatic carbocycles. The lowest BCUT2D eigenvalue weighted by molar-refractivity contribution is -0.385. The van der Waals surface area contributed by atoms with Gasteiger partial charge >= 0.3 is 5.69 Å². The maximum atomic E-state index is 13.5. The Morgan fingerprint density at radius 2 is 1.97 bits per heavy atom. The van der Waals surface area contributed by atoms with Gasteiger partial charge in [0.25, 0.3) is 18.2 Å². The average Bonchev–Trinajstić information content (AvgIpc) is 3.34. The Hall–Kier alpha value is -4.26. The third-order valence-electron chi connectivity index (χ3n) is 4.78. The van der Waals surface area contributed by atoms with E-state index in [0.29, 0.717) is 5.56 Å². The minimum absolute atomic E-state index is 0.0512. The molecular weight excluding hydrogens is 458 g/mol. The molecular formula is C20H14F2N6O4S. The van der Waals surface area contributed by atoms with Crippen LogP contribution in [0, 0.1) is 10.1 Å². The van der Waals surface area contributed by atoms with Gasteiger partial charge in [0.1, 0.15) is 21.6 Å². The van der Waals surface area contributed by atoms with Crippen LogP contribution in [0.4, 0.5) is 20.2 Å². The summed E-state index contributed by atoms with van der Waals surface area (Å²) >= 11 is 0.736. The van der Waals surface area contributed by atoms with Gasteiger partial charge in [-0.15, -0.1) is 11.3 Å². The highest BCUT2D eigenvalue weighted by molar-refractivity contribution is 7.21. The van der Waals surface area contributed by atoms with Crippen molar-refractivity contribution in [3.63, 3.8) is 0 Å². The summed E-state index contributed by atoms with van der Waals surface area (Å²) in [6.07, 6.45) is -1.97. The van der Waals surface area contributed by atoms with Crippen molar-refractivity contribution in [1.82, 2.24) is 14.8 Å². The Morgan fingerprint density at radius 3 is 2.58 bits per heavy atom. The van der Waals surface area contributed by atoms with Gasteiger partial charge in [0.05, 0.1) is 10.6 Å². The third-order valence-corrected chi connectivity index (χ3v) is 5.88. The number of carbonyl (C=O) groups is 2. The number of nitro groups is 1. The lowest BCUT2D eigenvalue weighted by Crippen LogP contribution is -2.20. The van der Waals surface area contributed by atoms with E-state index in [1.165, 1.54) is 13.1 Å². The number of fused-ring (bicyclic) bond motifs is 1. The van der Waals surface area contributed by atoms with E-state index in [4.69, 9.17) is 5.73 Å². The molecule has 2 amide bonds. The summed E-state index contributed by atoms with van der Waals surface area (Å²) in [6, 6.07) is 9.64. The predicted octanol–water partition coefficient (Wildman–Crippen LogP) is 3.89. The molecule has 0 radical (unpaired) electrons. The molecule has 0 saturated carbocycles. The summed E-state index contributed by atoms with van der Waals surface area (Å²) in [5.41, 5.74) is 4.80. The number of aromatic nitrogens is 3. The van der Waals surface area contributed by atoms with Crippen LogP contribution in [0.15, 0.2) is 42.6 Å². The summed E-state index contributed by atoms with van der Waals surface area (Å²) in [5.74, 6) is -1.86. The fourth-order valence-electron chi connectivity index (χ4n) is 3.36. The first kappa shape index (κ1) is 22.0. The van der Waals surface area contributed by atoms with Gasteiger partial charge in [-0.3, -0.25) is 24.4 Å². The first-order valence-electron chi connectivity index (χ1n) is 9.27. The fraction of sp³-hybridized carbons (Fsp3) is 0.100. The van der Waals surface area contributed by atoms with Crippen molar-refractivity contribution < 1.29 is 23.3 Å². The normalized spacial score (nSPS) is 11.2. The SMILES string of the molecule is Cn1ncc([N+](=O)[O-])c1C(=O)Nc1c(C(N)=O)sc2nc(C(F)F)cc(-c3ccccc3)c12. The van der Waals surface area contributed by atoms with Crippen LogP contribution in [0.5, 0.6) is 0 Å². The van der Waals surface area contributed by atoms with E-state index in [1.54, 1.807) is 30.3 Å². The molecule has 10 nitrogen and oxygen atoms in total. The molecule has 4 rings (SSSR count). The molecule has 0 bridgehead atoms. The number of nitrogens with zero attached hydrogens (tertiary/aromatic N) is 4. The van der Waals surface area contributed by atoms with Crippen molar-refractivity contribution in [3.05, 3.63) is 69.0 Å². The van der Waals surface area contributed by atoms with E-state index in [0.717, 1.165) is 22.2 Å². The Bertz CT molecular complexity index is 1420. The summed E-state index contributed by atoms with van der Waals surface area (Å²) < 4.78 is 28.1. The highest BCUT2D eigenvalue weighted by atomic mass is 32.1. The first-order chi connectivity index (χ1) is 15.7. The topological polar surface area (TPSA) is 146 Å². The predicted molar refractivity (Wildman–Crippen MR) is 116 cm³/mol. The molecule has 3 aromatic heterocycles. The molecule has 3 heterocycles. The molecule has 3 N–H and O–H groups in total. The second-order valence-corrected chi connectivity index (χ2v) is 7.82. The van der Waals surface area contributed by atoms with Gasteiger partial charge < -0.3 is 11.1 Å². The van der Waals surface area contributed by atoms with Crippen LogP contribution in [0.2, 0.25) is 0 Å². The fourth-order valence-corrected chi connectivity index (χ4v) is 4.38. The smallest absolute Gasteiger partial charge is 0.320 e. The van der Waals surface area contributed by atoms with E-state index in [9.17, 15) is 28.5 Å². The maximum absolute atomic E-state index is 13.5. The zero-order valence-electron chi connectivity index (χ0n) is 16.8. The second kappa shape index (κ2) is 8.35. The molecule has 4 aromatic rings. The quantitative estimate of drug-likeness (QED) is 0.321. The summed E-state index contributed by atoms with van der Waals surface area (Å²) in [5, 5.41) is 17.7. The highest BCUT2D eigenvalue weighted by Gasteiger charge is 2.29. The van der Waals surface area contributed by atoms with Crippen LogP contribution in [0.3, 0.4) is 0 Å². The van der Waals surface area contributed by atoms with Gasteiger partial charge in [0, 0.05) is 12.4 Å².